The van der Waals surface area contributed by atoms with Crippen LogP contribution in [0.4, 0.5) is 0 Å². The average molecular weight is 328 g/mol. The first-order chi connectivity index (χ1) is 11.7. The Morgan fingerprint density at radius 2 is 2.00 bits per heavy atom. The van der Waals surface area contributed by atoms with Gasteiger partial charge in [-0.25, -0.2) is 4.99 Å². The second-order valence-corrected chi connectivity index (χ2v) is 6.94. The van der Waals surface area contributed by atoms with Crippen LogP contribution in [0.15, 0.2) is 29.3 Å². The normalized spacial score (nSPS) is 23.9. The van der Waals surface area contributed by atoms with Crippen molar-refractivity contribution in [1.82, 2.24) is 10.2 Å². The van der Waals surface area contributed by atoms with E-state index in [9.17, 15) is 4.79 Å². The van der Waals surface area contributed by atoms with Crippen molar-refractivity contribution in [2.75, 3.05) is 19.6 Å². The maximum absolute atomic E-state index is 11.3. The molecule has 1 aromatic carbocycles. The fourth-order valence-corrected chi connectivity index (χ4v) is 3.99. The standard InChI is InChI=1S/C19H28N4O/c1-2-21-19(23-12-16-7-3-4-8-17(16)13-23)22-11-14-6-5-9-15(10-14)18(20)24/h5-6,9-10,16-17H,2-4,7-8,11-13H2,1H3,(H2,20,24)(H,21,22). The van der Waals surface area contributed by atoms with Crippen LogP contribution >= 0.6 is 0 Å². The third kappa shape index (κ3) is 3.89. The smallest absolute Gasteiger partial charge is 0.248 e. The van der Waals surface area contributed by atoms with Gasteiger partial charge in [-0.05, 0) is 49.3 Å². The van der Waals surface area contributed by atoms with Crippen LogP contribution in [0.3, 0.4) is 0 Å². The number of likely N-dealkylation sites (tertiary alicyclic amines) is 1. The van der Waals surface area contributed by atoms with Gasteiger partial charge in [-0.1, -0.05) is 25.0 Å². The van der Waals surface area contributed by atoms with Gasteiger partial charge in [0.1, 0.15) is 0 Å². The van der Waals surface area contributed by atoms with E-state index in [-0.39, 0.29) is 0 Å². The Bertz CT molecular complexity index is 599. The summed E-state index contributed by atoms with van der Waals surface area (Å²) in [5.74, 6) is 2.27. The molecule has 1 amide bonds. The molecule has 2 atom stereocenters. The topological polar surface area (TPSA) is 70.7 Å². The van der Waals surface area contributed by atoms with E-state index in [4.69, 9.17) is 10.7 Å². The van der Waals surface area contributed by atoms with Crippen LogP contribution in [0.2, 0.25) is 0 Å². The molecule has 24 heavy (non-hydrogen) atoms. The molecule has 5 heteroatoms. The molecular formula is C19H28N4O. The Hall–Kier alpha value is -2.04. The molecule has 0 bridgehead atoms. The number of guanidine groups is 1. The van der Waals surface area contributed by atoms with Crippen molar-refractivity contribution in [3.8, 4) is 0 Å². The zero-order valence-electron chi connectivity index (χ0n) is 14.5. The molecule has 1 aromatic rings. The molecule has 1 saturated heterocycles. The number of nitrogens with one attached hydrogen (secondary N) is 1. The summed E-state index contributed by atoms with van der Waals surface area (Å²) in [6.07, 6.45) is 5.48. The van der Waals surface area contributed by atoms with Gasteiger partial charge in [0.15, 0.2) is 5.96 Å². The number of benzene rings is 1. The molecule has 2 unspecified atom stereocenters. The van der Waals surface area contributed by atoms with Gasteiger partial charge < -0.3 is 16.0 Å². The van der Waals surface area contributed by atoms with Gasteiger partial charge in [-0.3, -0.25) is 4.79 Å². The van der Waals surface area contributed by atoms with Gasteiger partial charge in [0.2, 0.25) is 5.91 Å². The Balaban J connectivity index is 1.70. The minimum atomic E-state index is -0.392. The summed E-state index contributed by atoms with van der Waals surface area (Å²) in [5.41, 5.74) is 6.91. The Morgan fingerprint density at radius 3 is 2.62 bits per heavy atom. The first-order valence-corrected chi connectivity index (χ1v) is 9.09. The minimum absolute atomic E-state index is 0.392. The van der Waals surface area contributed by atoms with E-state index >= 15 is 0 Å². The molecule has 3 N–H and O–H groups in total. The number of hydrogen-bond acceptors (Lipinski definition) is 2. The summed E-state index contributed by atoms with van der Waals surface area (Å²) in [4.78, 5) is 18.5. The lowest BCUT2D eigenvalue weighted by Crippen LogP contribution is -2.40. The molecule has 0 spiro atoms. The van der Waals surface area contributed by atoms with Crippen molar-refractivity contribution >= 4 is 11.9 Å². The molecule has 2 aliphatic rings. The van der Waals surface area contributed by atoms with Crippen LogP contribution < -0.4 is 11.1 Å². The number of amides is 1. The zero-order chi connectivity index (χ0) is 16.9. The lowest BCUT2D eigenvalue weighted by molar-refractivity contribution is 0.1000. The molecular weight excluding hydrogens is 300 g/mol. The monoisotopic (exact) mass is 328 g/mol. The van der Waals surface area contributed by atoms with Crippen molar-refractivity contribution in [2.24, 2.45) is 22.6 Å². The second kappa shape index (κ2) is 7.69. The summed E-state index contributed by atoms with van der Waals surface area (Å²) in [5, 5.41) is 3.43. The maximum atomic E-state index is 11.3. The number of hydrogen-bond donors (Lipinski definition) is 2. The molecule has 3 rings (SSSR count). The zero-order valence-corrected chi connectivity index (χ0v) is 14.5. The van der Waals surface area contributed by atoms with E-state index in [0.717, 1.165) is 43.0 Å². The highest BCUT2D eigenvalue weighted by Crippen LogP contribution is 2.35. The van der Waals surface area contributed by atoms with Crippen LogP contribution in [0.25, 0.3) is 0 Å². The largest absolute Gasteiger partial charge is 0.366 e. The van der Waals surface area contributed by atoms with Gasteiger partial charge in [0.25, 0.3) is 0 Å². The fourth-order valence-electron chi connectivity index (χ4n) is 3.99. The van der Waals surface area contributed by atoms with E-state index in [1.165, 1.54) is 25.7 Å². The maximum Gasteiger partial charge on any atom is 0.248 e. The predicted octanol–water partition coefficient (Wildman–Crippen LogP) is 2.37. The number of nitrogens with zero attached hydrogens (tertiary/aromatic N) is 2. The molecule has 130 valence electrons. The Kier molecular flexibility index (Phi) is 5.38. The molecule has 1 aliphatic heterocycles. The molecule has 1 aliphatic carbocycles. The molecule has 5 nitrogen and oxygen atoms in total. The molecule has 1 heterocycles. The minimum Gasteiger partial charge on any atom is -0.366 e. The van der Waals surface area contributed by atoms with E-state index in [2.05, 4.69) is 17.1 Å². The summed E-state index contributed by atoms with van der Waals surface area (Å²) < 4.78 is 0. The van der Waals surface area contributed by atoms with Crippen molar-refractivity contribution in [2.45, 2.75) is 39.2 Å². The molecule has 0 aromatic heterocycles. The number of aliphatic imine (C=N–C) groups is 1. The number of carbonyl (C=O) groups excluding carboxylic acids is 1. The van der Waals surface area contributed by atoms with Gasteiger partial charge in [0, 0.05) is 25.2 Å². The highest BCUT2D eigenvalue weighted by molar-refractivity contribution is 5.92. The quantitative estimate of drug-likeness (QED) is 0.658. The third-order valence-corrected chi connectivity index (χ3v) is 5.23. The highest BCUT2D eigenvalue weighted by atomic mass is 16.1. The van der Waals surface area contributed by atoms with E-state index in [1.807, 2.05) is 18.2 Å². The summed E-state index contributed by atoms with van der Waals surface area (Å²) in [7, 11) is 0. The van der Waals surface area contributed by atoms with Gasteiger partial charge in [-0.2, -0.15) is 0 Å². The summed E-state index contributed by atoms with van der Waals surface area (Å²) in [6, 6.07) is 7.43. The van der Waals surface area contributed by atoms with Crippen LogP contribution in [0.5, 0.6) is 0 Å². The Labute approximate surface area is 144 Å². The molecule has 2 fully saturated rings. The van der Waals surface area contributed by atoms with Crippen LogP contribution in [0.1, 0.15) is 48.5 Å². The number of rotatable bonds is 4. The number of carbonyl (C=O) groups is 1. The van der Waals surface area contributed by atoms with Gasteiger partial charge >= 0.3 is 0 Å². The fraction of sp³-hybridized carbons (Fsp3) is 0.579. The lowest BCUT2D eigenvalue weighted by Gasteiger charge is -2.22. The first kappa shape index (κ1) is 16.8. The van der Waals surface area contributed by atoms with Crippen molar-refractivity contribution in [3.05, 3.63) is 35.4 Å². The number of primary amides is 1. The van der Waals surface area contributed by atoms with E-state index < -0.39 is 5.91 Å². The SMILES string of the molecule is CCNC(=NCc1cccc(C(N)=O)c1)N1CC2CCCCC2C1. The molecule has 0 radical (unpaired) electrons. The van der Waals surface area contributed by atoms with Crippen LogP contribution in [-0.2, 0) is 6.54 Å². The van der Waals surface area contributed by atoms with Crippen molar-refractivity contribution < 1.29 is 4.79 Å². The van der Waals surface area contributed by atoms with E-state index in [1.54, 1.807) is 6.07 Å². The summed E-state index contributed by atoms with van der Waals surface area (Å²) in [6.45, 7) is 5.78. The van der Waals surface area contributed by atoms with E-state index in [0.29, 0.717) is 12.1 Å². The number of fused-ring (bicyclic) bond motifs is 1. The van der Waals surface area contributed by atoms with Gasteiger partial charge in [-0.15, -0.1) is 0 Å². The predicted molar refractivity (Wildman–Crippen MR) is 96.8 cm³/mol. The first-order valence-electron chi connectivity index (χ1n) is 9.09. The number of nitrogens with two attached hydrogens (primary N) is 1. The van der Waals surface area contributed by atoms with Crippen LogP contribution in [-0.4, -0.2) is 36.4 Å². The van der Waals surface area contributed by atoms with Gasteiger partial charge in [0.05, 0.1) is 6.54 Å². The average Bonchev–Trinajstić information content (AvgIpc) is 3.02. The van der Waals surface area contributed by atoms with Crippen LogP contribution in [0, 0.1) is 11.8 Å². The lowest BCUT2D eigenvalue weighted by atomic mass is 9.82. The second-order valence-electron chi connectivity index (χ2n) is 6.94. The van der Waals surface area contributed by atoms with Crippen molar-refractivity contribution in [1.29, 1.82) is 0 Å². The third-order valence-electron chi connectivity index (χ3n) is 5.23. The highest BCUT2D eigenvalue weighted by Gasteiger charge is 2.35. The summed E-state index contributed by atoms with van der Waals surface area (Å²) >= 11 is 0. The molecule has 1 saturated carbocycles. The van der Waals surface area contributed by atoms with Crippen molar-refractivity contribution in [3.63, 3.8) is 0 Å². The Morgan fingerprint density at radius 1 is 1.29 bits per heavy atom.